The molecule has 0 heterocycles. The van der Waals surface area contributed by atoms with Gasteiger partial charge in [-0.1, -0.05) is 6.92 Å². The molecule has 0 amide bonds. The van der Waals surface area contributed by atoms with Crippen LogP contribution in [0.3, 0.4) is 0 Å². The molecule has 0 saturated heterocycles. The summed E-state index contributed by atoms with van der Waals surface area (Å²) in [7, 11) is 9.87. The quantitative estimate of drug-likeness (QED) is 0.785. The van der Waals surface area contributed by atoms with Crippen LogP contribution < -0.4 is 9.47 Å². The van der Waals surface area contributed by atoms with E-state index in [-0.39, 0.29) is 50.3 Å². The number of benzene rings is 1. The van der Waals surface area contributed by atoms with Gasteiger partial charge in [-0.2, -0.15) is 0 Å². The van der Waals surface area contributed by atoms with E-state index in [1.54, 1.807) is 13.8 Å². The molecular weight excluding hydrogens is 333 g/mol. The van der Waals surface area contributed by atoms with Crippen molar-refractivity contribution in [3.05, 3.63) is 29.0 Å². The van der Waals surface area contributed by atoms with Gasteiger partial charge in [-0.15, -0.1) is 6.04 Å². The average Bonchev–Trinajstić information content (AvgIpc) is 2.22. The fourth-order valence-electron chi connectivity index (χ4n) is 1.63. The van der Waals surface area contributed by atoms with Crippen molar-refractivity contribution in [1.82, 2.24) is 0 Å². The Bertz CT molecular complexity index is 508. The molecule has 8 heteroatoms. The van der Waals surface area contributed by atoms with Crippen LogP contribution >= 0.6 is 0 Å². The van der Waals surface area contributed by atoms with Gasteiger partial charge in [-0.3, -0.25) is 9.59 Å². The predicted molar refractivity (Wildman–Crippen MR) is 72.2 cm³/mol. The first-order valence-electron chi connectivity index (χ1n) is 5.58. The van der Waals surface area contributed by atoms with Crippen LogP contribution in [0.25, 0.3) is 5.73 Å². The number of carbonyl (C=O) groups excluding carboxylic acids is 2. The summed E-state index contributed by atoms with van der Waals surface area (Å²) in [5, 5.41) is 0. The Morgan fingerprint density at radius 1 is 1.20 bits per heavy atom. The van der Waals surface area contributed by atoms with E-state index in [0.717, 1.165) is 11.1 Å². The van der Waals surface area contributed by atoms with E-state index >= 15 is 0 Å². The third-order valence-electron chi connectivity index (χ3n) is 2.35. The van der Waals surface area contributed by atoms with Gasteiger partial charge in [0.2, 0.25) is 27.4 Å². The molecule has 5 nitrogen and oxygen atoms in total. The van der Waals surface area contributed by atoms with E-state index in [1.165, 1.54) is 12.1 Å². The molecule has 1 N–H and O–H groups in total. The molecule has 0 spiro atoms. The summed E-state index contributed by atoms with van der Waals surface area (Å²) in [6.07, 6.45) is 0.470. The molecule has 0 aliphatic rings. The fourth-order valence-corrected chi connectivity index (χ4v) is 1.63. The van der Waals surface area contributed by atoms with E-state index in [2.05, 4.69) is 0 Å². The molecule has 1 unspecified atom stereocenters. The van der Waals surface area contributed by atoms with Gasteiger partial charge in [0.15, 0.2) is 11.5 Å². The maximum absolute atomic E-state index is 10.8. The van der Waals surface area contributed by atoms with Crippen molar-refractivity contribution in [1.29, 1.82) is 0 Å². The summed E-state index contributed by atoms with van der Waals surface area (Å²) in [5.74, 6) is -2.02. The van der Waals surface area contributed by atoms with Crippen LogP contribution in [0.5, 0.6) is 11.5 Å². The van der Waals surface area contributed by atoms with E-state index in [4.69, 9.17) is 30.9 Å². The van der Waals surface area contributed by atoms with Gasteiger partial charge in [-0.05, 0) is 36.6 Å². The Balaban J connectivity index is 0.00000361. The third-order valence-corrected chi connectivity index (χ3v) is 2.35. The molecule has 0 aliphatic heterocycles. The summed E-state index contributed by atoms with van der Waals surface area (Å²) in [4.78, 5) is 21.6. The third kappa shape index (κ3) is 6.20. The van der Waals surface area contributed by atoms with Crippen molar-refractivity contribution in [3.8, 4) is 11.5 Å². The first-order valence-corrected chi connectivity index (χ1v) is 5.58. The first kappa shape index (κ1) is 19.4. The zero-order valence-electron chi connectivity index (χ0n) is 11.3. The van der Waals surface area contributed by atoms with Gasteiger partial charge in [-0.25, -0.2) is 0 Å². The van der Waals surface area contributed by atoms with Crippen molar-refractivity contribution >= 4 is 27.4 Å². The molecule has 99 valence electrons. The molecule has 1 atom stereocenters. The monoisotopic (exact) mass is 345 g/mol. The van der Waals surface area contributed by atoms with Gasteiger partial charge >= 0.3 is 0 Å². The van der Waals surface area contributed by atoms with E-state index in [0.29, 0.717) is 6.42 Å². The molecule has 0 aromatic heterocycles. The summed E-state index contributed by atoms with van der Waals surface area (Å²) in [5.41, 5.74) is 9.15. The number of nitrogens with one attached hydrogen (secondary N) is 1. The summed E-state index contributed by atoms with van der Waals surface area (Å²) in [6.45, 7) is 3.53. The van der Waals surface area contributed by atoms with Gasteiger partial charge < -0.3 is 15.2 Å². The average molecular weight is 345 g/mol. The van der Waals surface area contributed by atoms with Crippen molar-refractivity contribution in [2.24, 2.45) is 0 Å². The smallest absolute Gasteiger partial charge is 0.241 e. The molecule has 20 heavy (non-hydrogen) atoms. The number of aryl methyl sites for hydroxylation is 1. The maximum atomic E-state index is 10.8. The van der Waals surface area contributed by atoms with Crippen LogP contribution in [0, 0.1) is 6.92 Å². The minimum Gasteiger partial charge on any atom is -0.675 e. The van der Waals surface area contributed by atoms with Gasteiger partial charge in [0.05, 0.1) is 0 Å². The van der Waals surface area contributed by atoms with Crippen LogP contribution in [0.4, 0.5) is 9.59 Å². The number of rotatable bonds is 4. The second-order valence-corrected chi connectivity index (χ2v) is 4.17. The summed E-state index contributed by atoms with van der Waals surface area (Å²) >= 11 is 0. The number of ether oxygens (including phenoxy) is 2. The molecule has 0 saturated carbocycles. The number of carbonyl (C=O) groups is 2. The Morgan fingerprint density at radius 3 is 2.05 bits per heavy atom. The molecule has 1 aromatic rings. The van der Waals surface area contributed by atoms with E-state index < -0.39 is 11.7 Å². The first-order chi connectivity index (χ1) is 8.79. The Kier molecular flexibility index (Phi) is 8.32. The summed E-state index contributed by atoms with van der Waals surface area (Å²) in [6, 6.07) is 2.72. The predicted octanol–water partition coefficient (Wildman–Crippen LogP) is 2.31. The largest absolute Gasteiger partial charge is 0.675 e. The second-order valence-electron chi connectivity index (χ2n) is 4.17. The molecule has 0 aliphatic carbocycles. The van der Waals surface area contributed by atoms with Gasteiger partial charge in [0, 0.05) is 32.7 Å². The number of hydrogen-bond donors (Lipinski definition) is 0. The topological polar surface area (TPSA) is 76.4 Å². The van der Waals surface area contributed by atoms with Crippen LogP contribution in [-0.4, -0.2) is 33.5 Å². The van der Waals surface area contributed by atoms with Crippen LogP contribution in [-0.2, 0) is 39.1 Å². The number of hydrogen-bond acceptors (Lipinski definition) is 4. The molecular formula is C12H12B2NO4Y-. The zero-order valence-corrected chi connectivity index (χ0v) is 14.1. The van der Waals surface area contributed by atoms with Gasteiger partial charge in [0.25, 0.3) is 0 Å². The minimum absolute atomic E-state index is 0. The normalized spacial score (nSPS) is 11.2. The Morgan fingerprint density at radius 2 is 1.65 bits per heavy atom. The van der Waals surface area contributed by atoms with Crippen molar-refractivity contribution in [2.45, 2.75) is 26.3 Å². The second kappa shape index (κ2) is 8.60. The summed E-state index contributed by atoms with van der Waals surface area (Å²) < 4.78 is 9.51. The Labute approximate surface area is 145 Å². The van der Waals surface area contributed by atoms with Crippen molar-refractivity contribution < 1.29 is 51.8 Å². The minimum atomic E-state index is -1.02. The van der Waals surface area contributed by atoms with Gasteiger partial charge in [0.1, 0.15) is 0 Å². The van der Waals surface area contributed by atoms with Crippen molar-refractivity contribution in [3.63, 3.8) is 0 Å². The van der Waals surface area contributed by atoms with E-state index in [1.807, 2.05) is 0 Å². The maximum Gasteiger partial charge on any atom is 0.241 e. The molecule has 0 fully saturated rings. The fraction of sp³-hybridized carbons (Fsp3) is 0.333. The van der Waals surface area contributed by atoms with E-state index in [9.17, 15) is 9.59 Å². The van der Waals surface area contributed by atoms with Crippen LogP contribution in [0.1, 0.15) is 18.1 Å². The molecule has 1 rings (SSSR count). The SMILES string of the molecule is [B]C(=O)Oc1cc(C)c(CC(C)[NH-])cc1OC([B])=O.[Y]. The molecule has 0 bridgehead atoms. The van der Waals surface area contributed by atoms with Crippen LogP contribution in [0.15, 0.2) is 12.1 Å². The van der Waals surface area contributed by atoms with Crippen LogP contribution in [0.2, 0.25) is 0 Å². The van der Waals surface area contributed by atoms with Crippen molar-refractivity contribution in [2.75, 3.05) is 0 Å². The zero-order chi connectivity index (χ0) is 14.6. The standard InChI is InChI=1S/C12H12B2NO4.Y/c1-6-3-9(18-11(13)16)10(19-12(14)17)5-8(6)4-7(2)15;/h3,5,7,15H,4H2,1-2H3;/q-1;. The molecule has 5 radical (unpaired) electrons. The Hall–Kier alpha value is -0.646. The molecule has 1 aromatic carbocycles.